The van der Waals surface area contributed by atoms with E-state index in [0.29, 0.717) is 37.1 Å². The molecule has 42 heavy (non-hydrogen) atoms. The van der Waals surface area contributed by atoms with Crippen LogP contribution >= 0.6 is 31.9 Å². The van der Waals surface area contributed by atoms with E-state index in [9.17, 15) is 19.2 Å². The van der Waals surface area contributed by atoms with E-state index in [1.807, 2.05) is 12.2 Å². The molecule has 2 aliphatic heterocycles. The molecule has 1 aromatic carbocycles. The Morgan fingerprint density at radius 1 is 0.595 bits per heavy atom. The van der Waals surface area contributed by atoms with Crippen LogP contribution in [0.3, 0.4) is 0 Å². The monoisotopic (exact) mass is 700 g/mol. The summed E-state index contributed by atoms with van der Waals surface area (Å²) in [5, 5.41) is 0. The van der Waals surface area contributed by atoms with E-state index < -0.39 is 11.8 Å². The van der Waals surface area contributed by atoms with Crippen molar-refractivity contribution in [1.29, 1.82) is 0 Å². The van der Waals surface area contributed by atoms with Crippen LogP contribution in [0, 0.1) is 11.8 Å². The van der Waals surface area contributed by atoms with Crippen LogP contribution in [0.15, 0.2) is 20.1 Å². The first-order valence-corrected chi connectivity index (χ1v) is 17.6. The summed E-state index contributed by atoms with van der Waals surface area (Å²) in [5.41, 5.74) is 4.84. The van der Waals surface area contributed by atoms with E-state index >= 15 is 0 Å². The van der Waals surface area contributed by atoms with Crippen molar-refractivity contribution in [3.63, 3.8) is 0 Å². The van der Waals surface area contributed by atoms with Crippen LogP contribution in [0.5, 0.6) is 0 Å². The van der Waals surface area contributed by atoms with Crippen molar-refractivity contribution in [3.8, 4) is 0 Å². The molecule has 0 spiro atoms. The maximum atomic E-state index is 13.4. The normalized spacial score (nSPS) is 21.0. The van der Waals surface area contributed by atoms with Gasteiger partial charge in [-0.3, -0.25) is 29.0 Å². The predicted molar refractivity (Wildman–Crippen MR) is 172 cm³/mol. The third-order valence-electron chi connectivity index (χ3n) is 9.40. The lowest BCUT2D eigenvalue weighted by Crippen LogP contribution is -2.32. The maximum Gasteiger partial charge on any atom is 0.257 e. The smallest absolute Gasteiger partial charge is 0.257 e. The van der Waals surface area contributed by atoms with Gasteiger partial charge in [-0.15, -0.1) is 0 Å². The van der Waals surface area contributed by atoms with Gasteiger partial charge >= 0.3 is 0 Å². The molecule has 4 aliphatic rings. The standard InChI is InChI=1S/C34H42Br2N2O4/c1-3-5-7-9-11-13-15-37-31(39)25-17-21-22(18-26(25)32(37)40)30(36)24-20-28-27(19-23(24)29(21)35)33(41)38(34(28)42)16-14-12-10-8-6-4-2/h17,19,26,28H,3-16,18,20H2,1-2H3. The third-order valence-corrected chi connectivity index (χ3v) is 11.2. The topological polar surface area (TPSA) is 74.8 Å². The Labute approximate surface area is 266 Å². The SMILES string of the molecule is CCCCCCCCN1C(=O)C2=Cc3c(Br)c4c(c(Br)c3CC2C1=O)CC1C(=O)N(CCCCCCCC)C(=O)C1=C4. The van der Waals surface area contributed by atoms with Crippen LogP contribution in [0.1, 0.15) is 113 Å². The van der Waals surface area contributed by atoms with E-state index in [1.165, 1.54) is 48.3 Å². The largest absolute Gasteiger partial charge is 0.278 e. The van der Waals surface area contributed by atoms with E-state index in [2.05, 4.69) is 45.7 Å². The van der Waals surface area contributed by atoms with Crippen LogP contribution in [0.25, 0.3) is 12.2 Å². The molecule has 2 atom stereocenters. The molecule has 4 amide bonds. The highest BCUT2D eigenvalue weighted by atomic mass is 79.9. The first-order valence-electron chi connectivity index (χ1n) is 16.0. The molecule has 0 bridgehead atoms. The number of hydrogen-bond acceptors (Lipinski definition) is 4. The van der Waals surface area contributed by atoms with Gasteiger partial charge in [0, 0.05) is 33.2 Å². The predicted octanol–water partition coefficient (Wildman–Crippen LogP) is 7.78. The molecule has 226 valence electrons. The number of imide groups is 2. The average Bonchev–Trinajstić information content (AvgIpc) is 3.37. The Kier molecular flexibility index (Phi) is 10.2. The zero-order valence-electron chi connectivity index (χ0n) is 24.9. The number of carbonyl (C=O) groups is 4. The summed E-state index contributed by atoms with van der Waals surface area (Å²) in [6, 6.07) is 0. The molecule has 0 N–H and O–H groups in total. The van der Waals surface area contributed by atoms with Crippen molar-refractivity contribution in [2.24, 2.45) is 11.8 Å². The molecule has 2 unspecified atom stereocenters. The lowest BCUT2D eigenvalue weighted by atomic mass is 9.78. The van der Waals surface area contributed by atoms with Gasteiger partial charge in [-0.25, -0.2) is 0 Å². The number of hydrogen-bond donors (Lipinski definition) is 0. The summed E-state index contributed by atoms with van der Waals surface area (Å²) in [6.07, 6.45) is 17.8. The Hall–Kier alpha value is -2.06. The Bertz CT molecular complexity index is 1250. The number of fused-ring (bicyclic) bond motifs is 4. The zero-order valence-corrected chi connectivity index (χ0v) is 28.1. The molecule has 1 aromatic rings. The lowest BCUT2D eigenvalue weighted by molar-refractivity contribution is -0.140. The number of benzene rings is 1. The molecule has 6 nitrogen and oxygen atoms in total. The van der Waals surface area contributed by atoms with Gasteiger partial charge in [-0.05, 0) is 76.0 Å². The molecular formula is C34H42Br2N2O4. The minimum Gasteiger partial charge on any atom is -0.278 e. The Morgan fingerprint density at radius 3 is 1.38 bits per heavy atom. The second kappa shape index (κ2) is 13.7. The molecule has 0 radical (unpaired) electrons. The number of rotatable bonds is 14. The van der Waals surface area contributed by atoms with Gasteiger partial charge in [0.05, 0.1) is 11.8 Å². The van der Waals surface area contributed by atoms with E-state index in [-0.39, 0.29) is 23.6 Å². The fraction of sp³-hybridized carbons (Fsp3) is 0.588. The van der Waals surface area contributed by atoms with Crippen molar-refractivity contribution >= 4 is 67.6 Å². The van der Waals surface area contributed by atoms with E-state index in [0.717, 1.165) is 69.7 Å². The van der Waals surface area contributed by atoms with Crippen LogP contribution in [-0.4, -0.2) is 46.5 Å². The molecule has 5 rings (SSSR count). The van der Waals surface area contributed by atoms with Crippen LogP contribution < -0.4 is 0 Å². The van der Waals surface area contributed by atoms with Crippen molar-refractivity contribution in [3.05, 3.63) is 42.3 Å². The highest BCUT2D eigenvalue weighted by Crippen LogP contribution is 2.48. The van der Waals surface area contributed by atoms with Crippen molar-refractivity contribution in [1.82, 2.24) is 9.80 Å². The maximum absolute atomic E-state index is 13.4. The second-order valence-corrected chi connectivity index (χ2v) is 13.8. The summed E-state index contributed by atoms with van der Waals surface area (Å²) in [4.78, 5) is 56.3. The molecule has 2 fully saturated rings. The summed E-state index contributed by atoms with van der Waals surface area (Å²) < 4.78 is 1.70. The molecule has 0 saturated carbocycles. The zero-order chi connectivity index (χ0) is 30.0. The summed E-state index contributed by atoms with van der Waals surface area (Å²) in [5.74, 6) is -1.49. The van der Waals surface area contributed by atoms with Gasteiger partial charge in [-0.1, -0.05) is 94.0 Å². The average molecular weight is 703 g/mol. The second-order valence-electron chi connectivity index (χ2n) is 12.3. The minimum absolute atomic E-state index is 0.102. The molecule has 0 aromatic heterocycles. The number of unbranched alkanes of at least 4 members (excludes halogenated alkanes) is 10. The van der Waals surface area contributed by atoms with Gasteiger partial charge < -0.3 is 0 Å². The molecular weight excluding hydrogens is 660 g/mol. The minimum atomic E-state index is -0.469. The fourth-order valence-corrected chi connectivity index (χ4v) is 8.40. The lowest BCUT2D eigenvalue weighted by Gasteiger charge is -2.27. The quantitative estimate of drug-likeness (QED) is 0.147. The molecule has 2 aliphatic carbocycles. The highest BCUT2D eigenvalue weighted by molar-refractivity contribution is 9.11. The number of likely N-dealkylation sites (tertiary alicyclic amines) is 2. The number of nitrogens with zero attached hydrogens (tertiary/aromatic N) is 2. The molecule has 2 heterocycles. The summed E-state index contributed by atoms with van der Waals surface area (Å²) in [7, 11) is 0. The fourth-order valence-electron chi connectivity index (χ4n) is 6.94. The van der Waals surface area contributed by atoms with Gasteiger partial charge in [-0.2, -0.15) is 0 Å². The van der Waals surface area contributed by atoms with Gasteiger partial charge in [0.15, 0.2) is 0 Å². The number of carbonyl (C=O) groups excluding carboxylic acids is 4. The number of amides is 4. The van der Waals surface area contributed by atoms with Crippen molar-refractivity contribution in [2.75, 3.05) is 13.1 Å². The summed E-state index contributed by atoms with van der Waals surface area (Å²) >= 11 is 7.62. The van der Waals surface area contributed by atoms with Crippen LogP contribution in [0.4, 0.5) is 0 Å². The first-order chi connectivity index (χ1) is 20.3. The highest BCUT2D eigenvalue weighted by Gasteiger charge is 2.48. The molecule has 2 saturated heterocycles. The van der Waals surface area contributed by atoms with Gasteiger partial charge in [0.2, 0.25) is 11.8 Å². The Balaban J connectivity index is 1.33. The van der Waals surface area contributed by atoms with Crippen LogP contribution in [-0.2, 0) is 32.0 Å². The van der Waals surface area contributed by atoms with E-state index in [4.69, 9.17) is 0 Å². The third kappa shape index (κ3) is 5.87. The number of halogens is 2. The van der Waals surface area contributed by atoms with Crippen LogP contribution in [0.2, 0.25) is 0 Å². The van der Waals surface area contributed by atoms with Crippen molar-refractivity contribution < 1.29 is 19.2 Å². The first kappa shape index (κ1) is 31.4. The summed E-state index contributed by atoms with van der Waals surface area (Å²) in [6.45, 7) is 5.32. The Morgan fingerprint density at radius 2 is 0.976 bits per heavy atom. The van der Waals surface area contributed by atoms with E-state index in [1.54, 1.807) is 0 Å². The van der Waals surface area contributed by atoms with Gasteiger partial charge in [0.1, 0.15) is 0 Å². The van der Waals surface area contributed by atoms with Crippen molar-refractivity contribution in [2.45, 2.75) is 104 Å². The van der Waals surface area contributed by atoms with Gasteiger partial charge in [0.25, 0.3) is 11.8 Å². The molecule has 8 heteroatoms.